The molecule has 4 nitrogen and oxygen atoms in total. The van der Waals surface area contributed by atoms with Crippen LogP contribution in [0.25, 0.3) is 28.2 Å². The fraction of sp³-hybridized carbons (Fsp3) is 0.200. The van der Waals surface area contributed by atoms with E-state index in [0.29, 0.717) is 0 Å². The Kier molecular flexibility index (Phi) is 5.50. The van der Waals surface area contributed by atoms with E-state index in [4.69, 9.17) is 17.3 Å². The summed E-state index contributed by atoms with van der Waals surface area (Å²) in [6.45, 7) is 5.19. The van der Waals surface area contributed by atoms with Gasteiger partial charge >= 0.3 is 0 Å². The van der Waals surface area contributed by atoms with Crippen LogP contribution < -0.4 is 5.32 Å². The highest BCUT2D eigenvalue weighted by Crippen LogP contribution is 2.39. The number of aryl methyl sites for hydroxylation is 3. The highest BCUT2D eigenvalue weighted by atomic mass is 32.1. The Bertz CT molecular complexity index is 1540. The fourth-order valence-corrected chi connectivity index (χ4v) is 5.52. The van der Waals surface area contributed by atoms with E-state index in [2.05, 4.69) is 101 Å². The van der Waals surface area contributed by atoms with Gasteiger partial charge in [0, 0.05) is 28.9 Å². The SMILES string of the molecule is Cc1cccc(NC(=S)c2c(-c3ccccc3)c3c4n(nc(-c5ccccc5)n24)CCCC3)c1C. The monoisotopic (exact) mass is 476 g/mol. The van der Waals surface area contributed by atoms with Gasteiger partial charge < -0.3 is 5.32 Å². The first-order chi connectivity index (χ1) is 17.1. The van der Waals surface area contributed by atoms with Crippen LogP contribution >= 0.6 is 12.2 Å². The quantitative estimate of drug-likeness (QED) is 0.278. The highest BCUT2D eigenvalue weighted by molar-refractivity contribution is 7.81. The molecular formula is C30H28N4S. The lowest BCUT2D eigenvalue weighted by molar-refractivity contribution is 0.590. The van der Waals surface area contributed by atoms with Gasteiger partial charge in [-0.15, -0.1) is 0 Å². The number of benzene rings is 3. The van der Waals surface area contributed by atoms with E-state index in [1.165, 1.54) is 33.5 Å². The van der Waals surface area contributed by atoms with Gasteiger partial charge in [0.2, 0.25) is 0 Å². The Hall–Kier alpha value is -3.70. The van der Waals surface area contributed by atoms with Crippen molar-refractivity contribution in [2.75, 3.05) is 5.32 Å². The minimum atomic E-state index is 0.719. The van der Waals surface area contributed by atoms with Crippen LogP contribution in [0.2, 0.25) is 0 Å². The first kappa shape index (κ1) is 21.8. The van der Waals surface area contributed by atoms with Crippen molar-refractivity contribution in [2.45, 2.75) is 39.7 Å². The van der Waals surface area contributed by atoms with E-state index in [0.717, 1.165) is 53.6 Å². The minimum absolute atomic E-state index is 0.719. The first-order valence-electron chi connectivity index (χ1n) is 12.3. The number of nitrogens with zero attached hydrogens (tertiary/aromatic N) is 3. The summed E-state index contributed by atoms with van der Waals surface area (Å²) in [5, 5.41) is 8.72. The second-order valence-corrected chi connectivity index (χ2v) is 9.71. The van der Waals surface area contributed by atoms with Gasteiger partial charge in [0.25, 0.3) is 0 Å². The molecule has 5 heteroatoms. The molecule has 1 aliphatic heterocycles. The van der Waals surface area contributed by atoms with Crippen LogP contribution in [0.3, 0.4) is 0 Å². The zero-order valence-corrected chi connectivity index (χ0v) is 20.9. The second-order valence-electron chi connectivity index (χ2n) is 9.30. The topological polar surface area (TPSA) is 34.3 Å². The van der Waals surface area contributed by atoms with Gasteiger partial charge in [-0.25, -0.2) is 4.68 Å². The average Bonchev–Trinajstić information content (AvgIpc) is 3.33. The lowest BCUT2D eigenvalue weighted by atomic mass is 9.98. The Morgan fingerprint density at radius 2 is 1.57 bits per heavy atom. The van der Waals surface area contributed by atoms with Crippen LogP contribution in [0.4, 0.5) is 5.69 Å². The maximum absolute atomic E-state index is 6.19. The Morgan fingerprint density at radius 3 is 2.31 bits per heavy atom. The third-order valence-corrected chi connectivity index (χ3v) is 7.42. The van der Waals surface area contributed by atoms with Crippen LogP contribution in [0.5, 0.6) is 0 Å². The van der Waals surface area contributed by atoms with Gasteiger partial charge in [0.05, 0.1) is 5.69 Å². The molecule has 2 aromatic heterocycles. The van der Waals surface area contributed by atoms with E-state index in [1.54, 1.807) is 0 Å². The lowest BCUT2D eigenvalue weighted by Gasteiger charge is -2.15. The van der Waals surface area contributed by atoms with Crippen molar-refractivity contribution in [3.05, 3.63) is 101 Å². The molecular weight excluding hydrogens is 448 g/mol. The van der Waals surface area contributed by atoms with Crippen LogP contribution in [0.1, 0.15) is 35.2 Å². The number of nitrogens with one attached hydrogen (secondary N) is 1. The summed E-state index contributed by atoms with van der Waals surface area (Å²) < 4.78 is 4.50. The molecule has 1 N–H and O–H groups in total. The van der Waals surface area contributed by atoms with Crippen molar-refractivity contribution >= 4 is 28.5 Å². The molecule has 0 aliphatic carbocycles. The van der Waals surface area contributed by atoms with Crippen LogP contribution in [0, 0.1) is 13.8 Å². The van der Waals surface area contributed by atoms with Crippen molar-refractivity contribution in [1.29, 1.82) is 0 Å². The summed E-state index contributed by atoms with van der Waals surface area (Å²) in [5.74, 6) is 0.936. The summed E-state index contributed by atoms with van der Waals surface area (Å²) in [5.41, 5.74) is 10.5. The third-order valence-electron chi connectivity index (χ3n) is 7.12. The van der Waals surface area contributed by atoms with E-state index in [9.17, 15) is 0 Å². The molecule has 0 atom stereocenters. The van der Waals surface area contributed by atoms with Gasteiger partial charge in [0.15, 0.2) is 5.82 Å². The smallest absolute Gasteiger partial charge is 0.166 e. The lowest BCUT2D eigenvalue weighted by Crippen LogP contribution is -2.15. The standard InChI is InChI=1S/C30H28N4S/c1-20-12-11-18-25(21(20)2)31-29(35)27-26(22-13-5-3-6-14-22)24-17-9-10-19-33-30(24)34(27)28(32-33)23-15-7-4-8-16-23/h3-8,11-16,18H,9-10,17,19H2,1-2H3,(H,31,35). The largest absolute Gasteiger partial charge is 0.345 e. The average molecular weight is 477 g/mol. The van der Waals surface area contributed by atoms with Gasteiger partial charge in [0.1, 0.15) is 10.6 Å². The zero-order valence-electron chi connectivity index (χ0n) is 20.1. The number of rotatable bonds is 4. The van der Waals surface area contributed by atoms with Crippen LogP contribution in [-0.4, -0.2) is 19.2 Å². The number of thiocarbonyl (C=S) groups is 1. The van der Waals surface area contributed by atoms with E-state index in [1.807, 2.05) is 6.07 Å². The number of hydrogen-bond donors (Lipinski definition) is 1. The molecule has 6 rings (SSSR count). The molecule has 0 radical (unpaired) electrons. The molecule has 1 aliphatic rings. The summed E-state index contributed by atoms with van der Waals surface area (Å²) in [7, 11) is 0. The summed E-state index contributed by atoms with van der Waals surface area (Å²) in [6.07, 6.45) is 3.27. The number of anilines is 1. The fourth-order valence-electron chi connectivity index (χ4n) is 5.22. The number of aromatic nitrogens is 3. The molecule has 35 heavy (non-hydrogen) atoms. The molecule has 0 saturated heterocycles. The summed E-state index contributed by atoms with van der Waals surface area (Å²) in [4.78, 5) is 0.719. The Balaban J connectivity index is 1.66. The molecule has 0 amide bonds. The molecule has 0 fully saturated rings. The molecule has 3 aromatic carbocycles. The molecule has 0 bridgehead atoms. The van der Waals surface area contributed by atoms with Gasteiger partial charge in [-0.1, -0.05) is 85.0 Å². The van der Waals surface area contributed by atoms with Crippen molar-refractivity contribution in [3.8, 4) is 22.5 Å². The van der Waals surface area contributed by atoms with Gasteiger partial charge in [-0.3, -0.25) is 4.40 Å². The van der Waals surface area contributed by atoms with Crippen molar-refractivity contribution < 1.29 is 0 Å². The summed E-state index contributed by atoms with van der Waals surface area (Å²) >= 11 is 6.19. The second kappa shape index (κ2) is 8.82. The molecule has 3 heterocycles. The molecule has 5 aromatic rings. The molecule has 0 unspecified atom stereocenters. The molecule has 174 valence electrons. The van der Waals surface area contributed by atoms with E-state index < -0.39 is 0 Å². The Morgan fingerprint density at radius 1 is 0.857 bits per heavy atom. The number of hydrogen-bond acceptors (Lipinski definition) is 2. The van der Waals surface area contributed by atoms with Gasteiger partial charge in [-0.05, 0) is 55.9 Å². The van der Waals surface area contributed by atoms with Crippen LogP contribution in [-0.2, 0) is 13.0 Å². The van der Waals surface area contributed by atoms with Crippen molar-refractivity contribution in [3.63, 3.8) is 0 Å². The van der Waals surface area contributed by atoms with Gasteiger partial charge in [-0.2, -0.15) is 5.10 Å². The summed E-state index contributed by atoms with van der Waals surface area (Å²) in [6, 6.07) is 27.4. The maximum atomic E-state index is 6.19. The third kappa shape index (κ3) is 3.67. The van der Waals surface area contributed by atoms with Crippen LogP contribution in [0.15, 0.2) is 78.9 Å². The molecule has 0 spiro atoms. The normalized spacial score (nSPS) is 13.1. The Labute approximate surface area is 211 Å². The zero-order chi connectivity index (χ0) is 23.9. The predicted octanol–water partition coefficient (Wildman–Crippen LogP) is 7.21. The van der Waals surface area contributed by atoms with E-state index in [-0.39, 0.29) is 0 Å². The minimum Gasteiger partial charge on any atom is -0.345 e. The van der Waals surface area contributed by atoms with Crippen molar-refractivity contribution in [1.82, 2.24) is 14.2 Å². The predicted molar refractivity (Wildman–Crippen MR) is 148 cm³/mol. The molecule has 0 saturated carbocycles. The van der Waals surface area contributed by atoms with E-state index >= 15 is 0 Å². The highest BCUT2D eigenvalue weighted by Gasteiger charge is 2.29. The first-order valence-corrected chi connectivity index (χ1v) is 12.7. The maximum Gasteiger partial charge on any atom is 0.166 e. The van der Waals surface area contributed by atoms with Crippen molar-refractivity contribution in [2.24, 2.45) is 0 Å².